The summed E-state index contributed by atoms with van der Waals surface area (Å²) in [4.78, 5) is 11.9. The highest BCUT2D eigenvalue weighted by Crippen LogP contribution is 2.89. The Morgan fingerprint density at radius 3 is 2.31 bits per heavy atom. The first kappa shape index (κ1) is 36.7. The molecule has 6 N–H and O–H groups in total. The summed E-state index contributed by atoms with van der Waals surface area (Å²) in [5.74, 6) is 0.165. The molecule has 0 radical (unpaired) electrons. The van der Waals surface area contributed by atoms with E-state index in [9.17, 15) is 35.4 Å². The highest BCUT2D eigenvalue weighted by molar-refractivity contribution is 5.66. The molecule has 6 rings (SSSR count). The maximum Gasteiger partial charge on any atom is 0.303 e. The summed E-state index contributed by atoms with van der Waals surface area (Å²) in [6.45, 7) is 14.1. The Morgan fingerprint density at radius 1 is 0.958 bits per heavy atom. The first-order valence-corrected chi connectivity index (χ1v) is 18.5. The van der Waals surface area contributed by atoms with Crippen LogP contribution in [0.15, 0.2) is 11.6 Å². The summed E-state index contributed by atoms with van der Waals surface area (Å²) in [6, 6.07) is 0. The molecule has 16 atom stereocenters. The Kier molecular flexibility index (Phi) is 9.58. The molecule has 0 aromatic rings. The van der Waals surface area contributed by atoms with Crippen molar-refractivity contribution >= 4 is 5.97 Å². The van der Waals surface area contributed by atoms with Crippen molar-refractivity contribution in [1.82, 2.24) is 0 Å². The number of ether oxygens (including phenoxy) is 3. The average molecular weight is 679 g/mol. The van der Waals surface area contributed by atoms with Gasteiger partial charge in [-0.1, -0.05) is 46.3 Å². The Bertz CT molecular complexity index is 1250. The van der Waals surface area contributed by atoms with Crippen LogP contribution in [0.2, 0.25) is 0 Å². The lowest BCUT2D eigenvalue weighted by molar-refractivity contribution is -0.330. The largest absolute Gasteiger partial charge is 0.454 e. The van der Waals surface area contributed by atoms with Gasteiger partial charge in [-0.25, -0.2) is 0 Å². The minimum absolute atomic E-state index is 0.0314. The third kappa shape index (κ3) is 5.21. The molecule has 10 heteroatoms. The van der Waals surface area contributed by atoms with E-state index in [1.807, 2.05) is 6.92 Å². The molecule has 10 nitrogen and oxygen atoms in total. The molecule has 6 fully saturated rings. The van der Waals surface area contributed by atoms with Crippen molar-refractivity contribution in [1.29, 1.82) is 0 Å². The normalized spacial score (nSPS) is 51.6. The number of aliphatic hydroxyl groups excluding tert-OH is 6. The van der Waals surface area contributed by atoms with E-state index in [2.05, 4.69) is 40.7 Å². The molecule has 0 bridgehead atoms. The van der Waals surface area contributed by atoms with E-state index in [-0.39, 0.29) is 52.3 Å². The SMILES string of the molecule is CC(=O)O[C@H]1[C@H](O[C@H]2CC[C@]34C[C@]35CC[C@]3(C)[C@@H]([C@H](C)CC/C=C(\C)CO)[C@@H](O)C[C@@]3(C)[C@H]5C[C@H](O)[C@@H]4C2(C)C)O[C@H](CO)[C@@H](O)[C@@H]1O. The summed E-state index contributed by atoms with van der Waals surface area (Å²) in [7, 11) is 0. The lowest BCUT2D eigenvalue weighted by Crippen LogP contribution is -2.64. The molecule has 6 aliphatic rings. The van der Waals surface area contributed by atoms with Crippen LogP contribution in [0, 0.1) is 50.7 Å². The van der Waals surface area contributed by atoms with Crippen LogP contribution >= 0.6 is 0 Å². The minimum Gasteiger partial charge on any atom is -0.454 e. The van der Waals surface area contributed by atoms with E-state index in [1.165, 1.54) is 6.92 Å². The lowest BCUT2D eigenvalue weighted by atomic mass is 9.41. The lowest BCUT2D eigenvalue weighted by Gasteiger charge is -2.64. The molecule has 5 saturated carbocycles. The van der Waals surface area contributed by atoms with Crippen LogP contribution in [-0.2, 0) is 19.0 Å². The molecular weight excluding hydrogens is 616 g/mol. The van der Waals surface area contributed by atoms with Crippen molar-refractivity contribution in [2.75, 3.05) is 13.2 Å². The van der Waals surface area contributed by atoms with Gasteiger partial charge in [0, 0.05) is 6.92 Å². The van der Waals surface area contributed by atoms with Gasteiger partial charge in [0.15, 0.2) is 12.4 Å². The second kappa shape index (κ2) is 12.5. The quantitative estimate of drug-likeness (QED) is 0.121. The smallest absolute Gasteiger partial charge is 0.303 e. The predicted octanol–water partition coefficient (Wildman–Crippen LogP) is 3.48. The van der Waals surface area contributed by atoms with Crippen molar-refractivity contribution < 1.29 is 49.6 Å². The summed E-state index contributed by atoms with van der Waals surface area (Å²) in [5.41, 5.74) is 0.435. The van der Waals surface area contributed by atoms with Crippen molar-refractivity contribution in [3.05, 3.63) is 11.6 Å². The van der Waals surface area contributed by atoms with Crippen LogP contribution in [0.4, 0.5) is 0 Å². The topological polar surface area (TPSA) is 166 Å². The van der Waals surface area contributed by atoms with E-state index < -0.39 is 54.8 Å². The number of allylic oxidation sites excluding steroid dienone is 1. The van der Waals surface area contributed by atoms with Crippen molar-refractivity contribution in [2.45, 2.75) is 155 Å². The Morgan fingerprint density at radius 2 is 1.67 bits per heavy atom. The van der Waals surface area contributed by atoms with Crippen LogP contribution in [-0.4, -0.2) is 98.8 Å². The molecular formula is C38H62O10. The third-order valence-corrected chi connectivity index (χ3v) is 15.5. The Hall–Kier alpha value is -1.11. The minimum atomic E-state index is -1.48. The molecule has 48 heavy (non-hydrogen) atoms. The van der Waals surface area contributed by atoms with Gasteiger partial charge in [-0.2, -0.15) is 0 Å². The van der Waals surface area contributed by atoms with E-state index in [0.717, 1.165) is 50.5 Å². The molecule has 1 heterocycles. The van der Waals surface area contributed by atoms with Gasteiger partial charge in [0.1, 0.15) is 18.3 Å². The molecule has 0 aromatic heterocycles. The fourth-order valence-electron chi connectivity index (χ4n) is 13.2. The average Bonchev–Trinajstić information content (AvgIpc) is 3.60. The Balaban J connectivity index is 1.23. The molecule has 0 amide bonds. The fraction of sp³-hybridized carbons (Fsp3) is 0.921. The number of rotatable bonds is 9. The molecule has 1 aliphatic heterocycles. The van der Waals surface area contributed by atoms with E-state index in [0.29, 0.717) is 24.7 Å². The highest BCUT2D eigenvalue weighted by Gasteiger charge is 2.84. The monoisotopic (exact) mass is 678 g/mol. The van der Waals surface area contributed by atoms with Gasteiger partial charge in [0.05, 0.1) is 31.5 Å². The standard InChI is InChI=1S/C38H62O10/c1-20(17-39)9-8-10-21(2)28-24(43)16-36(7)26-15-23(42)32-34(4,5)27(11-12-38(32)19-37(26,38)14-13-35(28,36)6)48-33-31(46-22(3)41)30(45)29(44)25(18-40)47-33/h9,21,23-33,39-40,42-45H,8,10-19H2,1-7H3/b20-9+/t21-,23+,24+,25-,26-,27+,28+,29-,30+,31-,32-,33+,35-,36+,37+,38-/m1/s1. The Labute approximate surface area is 286 Å². The molecule has 5 aliphatic carbocycles. The van der Waals surface area contributed by atoms with Crippen LogP contribution in [0.1, 0.15) is 106 Å². The molecule has 1 saturated heterocycles. The number of fused-ring (bicyclic) bond motifs is 2. The van der Waals surface area contributed by atoms with Crippen LogP contribution in [0.5, 0.6) is 0 Å². The molecule has 0 aromatic carbocycles. The van der Waals surface area contributed by atoms with Gasteiger partial charge in [-0.05, 0) is 115 Å². The summed E-state index contributed by atoms with van der Waals surface area (Å²) >= 11 is 0. The first-order valence-electron chi connectivity index (χ1n) is 18.5. The second-order valence-electron chi connectivity index (χ2n) is 18.0. The van der Waals surface area contributed by atoms with Gasteiger partial charge in [0.25, 0.3) is 0 Å². The number of aliphatic hydroxyl groups is 6. The van der Waals surface area contributed by atoms with E-state index >= 15 is 0 Å². The predicted molar refractivity (Wildman–Crippen MR) is 177 cm³/mol. The molecule has 0 unspecified atom stereocenters. The van der Waals surface area contributed by atoms with Crippen molar-refractivity contribution in [2.24, 2.45) is 50.7 Å². The van der Waals surface area contributed by atoms with Gasteiger partial charge >= 0.3 is 5.97 Å². The molecule has 274 valence electrons. The zero-order valence-electron chi connectivity index (χ0n) is 30.1. The number of hydrogen-bond donors (Lipinski definition) is 6. The maximum atomic E-state index is 12.2. The van der Waals surface area contributed by atoms with Crippen LogP contribution in [0.25, 0.3) is 0 Å². The van der Waals surface area contributed by atoms with E-state index in [1.54, 1.807) is 0 Å². The van der Waals surface area contributed by atoms with Gasteiger partial charge < -0.3 is 44.8 Å². The van der Waals surface area contributed by atoms with Crippen molar-refractivity contribution in [3.63, 3.8) is 0 Å². The van der Waals surface area contributed by atoms with Gasteiger partial charge in [-0.3, -0.25) is 4.79 Å². The van der Waals surface area contributed by atoms with Crippen molar-refractivity contribution in [3.8, 4) is 0 Å². The van der Waals surface area contributed by atoms with Crippen LogP contribution < -0.4 is 0 Å². The van der Waals surface area contributed by atoms with Crippen LogP contribution in [0.3, 0.4) is 0 Å². The first-order chi connectivity index (χ1) is 22.4. The summed E-state index contributed by atoms with van der Waals surface area (Å²) in [5, 5.41) is 64.5. The number of carbonyl (C=O) groups excluding carboxylic acids is 1. The van der Waals surface area contributed by atoms with Gasteiger partial charge in [0.2, 0.25) is 0 Å². The molecule has 2 spiro atoms. The number of esters is 1. The summed E-state index contributed by atoms with van der Waals surface area (Å²) < 4.78 is 17.9. The summed E-state index contributed by atoms with van der Waals surface area (Å²) in [6.07, 6.45) is 2.49. The zero-order valence-corrected chi connectivity index (χ0v) is 30.1. The maximum absolute atomic E-state index is 12.2. The fourth-order valence-corrected chi connectivity index (χ4v) is 13.2. The zero-order chi connectivity index (χ0) is 35.2. The number of hydrogen-bond acceptors (Lipinski definition) is 10. The number of carbonyl (C=O) groups is 1. The third-order valence-electron chi connectivity index (χ3n) is 15.5. The van der Waals surface area contributed by atoms with Gasteiger partial charge in [-0.15, -0.1) is 0 Å². The second-order valence-corrected chi connectivity index (χ2v) is 18.0. The van der Waals surface area contributed by atoms with E-state index in [4.69, 9.17) is 14.2 Å². The highest BCUT2D eigenvalue weighted by atomic mass is 16.7.